The Labute approximate surface area is 231 Å². The minimum Gasteiger partial charge on any atom is -0.418 e. The molecule has 0 spiro atoms. The summed E-state index contributed by atoms with van der Waals surface area (Å²) in [4.78, 5) is 4.55. The number of likely N-dealkylation sites (N-methyl/N-ethyl adjacent to an activating group) is 2. The first-order valence-corrected chi connectivity index (χ1v) is 21.0. The Kier molecular flexibility index (Phi) is 21.9. The molecule has 2 atom stereocenters. The molecule has 0 radical (unpaired) electrons. The highest BCUT2D eigenvalue weighted by Gasteiger charge is 2.22. The van der Waals surface area contributed by atoms with Crippen LogP contribution in [0.15, 0.2) is 0 Å². The van der Waals surface area contributed by atoms with Crippen molar-refractivity contribution in [2.24, 2.45) is 0 Å². The predicted molar refractivity (Wildman–Crippen MR) is 160 cm³/mol. The van der Waals surface area contributed by atoms with E-state index in [4.69, 9.17) is 18.3 Å². The van der Waals surface area contributed by atoms with Crippen LogP contribution in [0.3, 0.4) is 0 Å². The van der Waals surface area contributed by atoms with E-state index in [-0.39, 0.29) is 0 Å². The van der Waals surface area contributed by atoms with Crippen LogP contribution in [0.5, 0.6) is 0 Å². The van der Waals surface area contributed by atoms with Gasteiger partial charge in [0.15, 0.2) is 16.6 Å². The van der Waals surface area contributed by atoms with E-state index in [0.29, 0.717) is 39.5 Å². The minimum atomic E-state index is -1.55. The molecule has 0 fully saturated rings. The van der Waals surface area contributed by atoms with Crippen molar-refractivity contribution in [3.63, 3.8) is 0 Å². The monoisotopic (exact) mass is 566 g/mol. The second-order valence-corrected chi connectivity index (χ2v) is 19.8. The van der Waals surface area contributed by atoms with Crippen LogP contribution in [-0.4, -0.2) is 128 Å². The van der Waals surface area contributed by atoms with Crippen LogP contribution in [0.2, 0.25) is 38.3 Å². The van der Waals surface area contributed by atoms with Gasteiger partial charge in [-0.1, -0.05) is 13.8 Å². The Morgan fingerprint density at radius 3 is 1.32 bits per heavy atom. The van der Waals surface area contributed by atoms with Gasteiger partial charge in [-0.25, -0.2) is 0 Å². The van der Waals surface area contributed by atoms with Gasteiger partial charge in [-0.3, -0.25) is 0 Å². The second kappa shape index (κ2) is 21.9. The predicted octanol–water partition coefficient (Wildman–Crippen LogP) is 4.04. The maximum Gasteiger partial charge on any atom is 0.186 e. The molecule has 0 bridgehead atoms. The molecule has 37 heavy (non-hydrogen) atoms. The fourth-order valence-corrected chi connectivity index (χ4v) is 8.38. The van der Waals surface area contributed by atoms with E-state index in [1.807, 2.05) is 0 Å². The number of hydrogen-bond acceptors (Lipinski definition) is 8. The van der Waals surface area contributed by atoms with Crippen molar-refractivity contribution in [2.75, 3.05) is 78.9 Å². The summed E-state index contributed by atoms with van der Waals surface area (Å²) in [5.41, 5.74) is 0. The highest BCUT2D eigenvalue weighted by Crippen LogP contribution is 2.14. The third-order valence-corrected chi connectivity index (χ3v) is 11.9. The van der Waals surface area contributed by atoms with Gasteiger partial charge in [-0.05, 0) is 97.6 Å². The van der Waals surface area contributed by atoms with Crippen LogP contribution >= 0.6 is 0 Å². The van der Waals surface area contributed by atoms with Gasteiger partial charge in [-0.2, -0.15) is 0 Å². The standard InChI is InChI=1S/C27H62N2O6Si2/c1-9-28(22-26(30)24-32-18-14-20-36(5,6)34-11-3)16-13-17-29(10-2)23-27(31)25-33-19-15-21-37(7,8)35-12-4/h26-27,30-31H,9-25H2,1-8H3. The van der Waals surface area contributed by atoms with Crippen LogP contribution in [0.25, 0.3) is 0 Å². The van der Waals surface area contributed by atoms with E-state index in [2.05, 4.69) is 63.7 Å². The molecule has 0 aliphatic rings. The van der Waals surface area contributed by atoms with Crippen molar-refractivity contribution in [1.82, 2.24) is 9.80 Å². The molecule has 2 unspecified atom stereocenters. The molecular formula is C27H62N2O6Si2. The summed E-state index contributed by atoms with van der Waals surface area (Å²) in [5.74, 6) is 0. The zero-order valence-electron chi connectivity index (χ0n) is 25.6. The molecular weight excluding hydrogens is 504 g/mol. The zero-order chi connectivity index (χ0) is 28.2. The van der Waals surface area contributed by atoms with Crippen LogP contribution < -0.4 is 0 Å². The number of ether oxygens (including phenoxy) is 2. The lowest BCUT2D eigenvalue weighted by Gasteiger charge is -2.27. The molecule has 0 saturated carbocycles. The van der Waals surface area contributed by atoms with Crippen LogP contribution in [-0.2, 0) is 18.3 Å². The summed E-state index contributed by atoms with van der Waals surface area (Å²) in [6.07, 6.45) is 2.03. The SMILES string of the molecule is CCO[Si](C)(C)CCCOCC(O)CN(CC)CCCN(CC)CC(O)COCCC[Si](C)(C)OCC. The summed E-state index contributed by atoms with van der Waals surface area (Å²) in [6, 6.07) is 2.17. The largest absolute Gasteiger partial charge is 0.418 e. The molecule has 0 aromatic heterocycles. The first-order valence-electron chi connectivity index (χ1n) is 14.7. The van der Waals surface area contributed by atoms with Gasteiger partial charge >= 0.3 is 0 Å². The molecule has 0 aromatic carbocycles. The van der Waals surface area contributed by atoms with Crippen LogP contribution in [0.1, 0.15) is 47.0 Å². The molecule has 10 heteroatoms. The third-order valence-electron chi connectivity index (χ3n) is 6.61. The lowest BCUT2D eigenvalue weighted by atomic mass is 10.2. The maximum absolute atomic E-state index is 10.4. The third kappa shape index (κ3) is 21.6. The zero-order valence-corrected chi connectivity index (χ0v) is 27.6. The Morgan fingerprint density at radius 2 is 1.00 bits per heavy atom. The Morgan fingerprint density at radius 1 is 0.622 bits per heavy atom. The van der Waals surface area contributed by atoms with E-state index in [9.17, 15) is 10.2 Å². The van der Waals surface area contributed by atoms with Gasteiger partial charge in [-0.15, -0.1) is 0 Å². The number of aliphatic hydroxyl groups is 2. The van der Waals surface area contributed by atoms with E-state index >= 15 is 0 Å². The number of aliphatic hydroxyl groups excluding tert-OH is 2. The van der Waals surface area contributed by atoms with Gasteiger partial charge < -0.3 is 38.3 Å². The molecule has 0 amide bonds. The molecule has 0 aliphatic heterocycles. The van der Waals surface area contributed by atoms with Crippen LogP contribution in [0, 0.1) is 0 Å². The topological polar surface area (TPSA) is 83.9 Å². The maximum atomic E-state index is 10.4. The molecule has 2 N–H and O–H groups in total. The molecule has 0 heterocycles. The molecule has 8 nitrogen and oxygen atoms in total. The first-order chi connectivity index (χ1) is 17.5. The summed E-state index contributed by atoms with van der Waals surface area (Å²) < 4.78 is 23.2. The molecule has 0 aliphatic carbocycles. The molecule has 0 rings (SSSR count). The highest BCUT2D eigenvalue weighted by molar-refractivity contribution is 6.71. The van der Waals surface area contributed by atoms with E-state index in [0.717, 1.165) is 70.7 Å². The van der Waals surface area contributed by atoms with Gasteiger partial charge in [0.05, 0.1) is 25.4 Å². The lowest BCUT2D eigenvalue weighted by Crippen LogP contribution is -2.39. The van der Waals surface area contributed by atoms with Gasteiger partial charge in [0.2, 0.25) is 0 Å². The van der Waals surface area contributed by atoms with Crippen molar-refractivity contribution >= 4 is 16.6 Å². The normalized spacial score (nSPS) is 14.6. The smallest absolute Gasteiger partial charge is 0.186 e. The highest BCUT2D eigenvalue weighted by atomic mass is 28.4. The molecule has 0 aromatic rings. The summed E-state index contributed by atoms with van der Waals surface area (Å²) >= 11 is 0. The van der Waals surface area contributed by atoms with Crippen molar-refractivity contribution in [1.29, 1.82) is 0 Å². The summed E-state index contributed by atoms with van der Waals surface area (Å²) in [6.45, 7) is 25.9. The average Bonchev–Trinajstić information content (AvgIpc) is 2.81. The molecule has 0 saturated heterocycles. The quantitative estimate of drug-likeness (QED) is 0.120. The summed E-state index contributed by atoms with van der Waals surface area (Å²) in [5, 5.41) is 20.8. The van der Waals surface area contributed by atoms with Gasteiger partial charge in [0.25, 0.3) is 0 Å². The Balaban J connectivity index is 4.04. The van der Waals surface area contributed by atoms with E-state index < -0.39 is 28.8 Å². The minimum absolute atomic E-state index is 0.381. The first kappa shape index (κ1) is 37.1. The van der Waals surface area contributed by atoms with E-state index in [1.54, 1.807) is 0 Å². The molecule has 224 valence electrons. The lowest BCUT2D eigenvalue weighted by molar-refractivity contribution is 0.0128. The Hall–Kier alpha value is 0.114. The fourth-order valence-electron chi connectivity index (χ4n) is 4.54. The second-order valence-electron chi connectivity index (χ2n) is 11.2. The summed E-state index contributed by atoms with van der Waals surface area (Å²) in [7, 11) is -3.10. The van der Waals surface area contributed by atoms with Gasteiger partial charge in [0.1, 0.15) is 0 Å². The van der Waals surface area contributed by atoms with Crippen molar-refractivity contribution in [3.8, 4) is 0 Å². The van der Waals surface area contributed by atoms with Crippen LogP contribution in [0.4, 0.5) is 0 Å². The number of nitrogens with zero attached hydrogens (tertiary/aromatic N) is 2. The average molecular weight is 567 g/mol. The Bertz CT molecular complexity index is 487. The number of hydrogen-bond donors (Lipinski definition) is 2. The van der Waals surface area contributed by atoms with Gasteiger partial charge in [0, 0.05) is 39.5 Å². The van der Waals surface area contributed by atoms with Crippen molar-refractivity contribution < 1.29 is 28.5 Å². The van der Waals surface area contributed by atoms with E-state index in [1.165, 1.54) is 0 Å². The number of rotatable bonds is 26. The van der Waals surface area contributed by atoms with Crippen molar-refractivity contribution in [2.45, 2.75) is 97.4 Å². The fraction of sp³-hybridized carbons (Fsp3) is 1.00. The van der Waals surface area contributed by atoms with Crippen molar-refractivity contribution in [3.05, 3.63) is 0 Å².